The van der Waals surface area contributed by atoms with Gasteiger partial charge in [0.05, 0.1) is 23.9 Å². The molecule has 1 fully saturated rings. The number of nitrogens with one attached hydrogen (secondary N) is 1. The Morgan fingerprint density at radius 1 is 1.36 bits per heavy atom. The predicted molar refractivity (Wildman–Crippen MR) is 138 cm³/mol. The van der Waals surface area contributed by atoms with Gasteiger partial charge in [-0.1, -0.05) is 12.0 Å². The molecule has 11 nitrogen and oxygen atoms in total. The highest BCUT2D eigenvalue weighted by molar-refractivity contribution is 7.84. The summed E-state index contributed by atoms with van der Waals surface area (Å²) in [5.41, 5.74) is 13.1. The van der Waals surface area contributed by atoms with Crippen LogP contribution in [0.5, 0.6) is 0 Å². The van der Waals surface area contributed by atoms with Gasteiger partial charge in [0.25, 0.3) is 0 Å². The molecule has 2 aromatic rings. The highest BCUT2D eigenvalue weighted by atomic mass is 32.2. The summed E-state index contributed by atoms with van der Waals surface area (Å²) in [5, 5.41) is 12.4. The minimum Gasteiger partial charge on any atom is -0.381 e. The number of anilines is 1. The normalized spacial score (nSPS) is 22.3. The van der Waals surface area contributed by atoms with Crippen LogP contribution in [0.3, 0.4) is 0 Å². The number of hydrogen-bond acceptors (Lipinski definition) is 7. The van der Waals surface area contributed by atoms with E-state index in [2.05, 4.69) is 45.7 Å². The molecule has 3 rings (SSSR count). The van der Waals surface area contributed by atoms with E-state index in [1.165, 1.54) is 0 Å². The maximum Gasteiger partial charge on any atom is 0.333 e. The summed E-state index contributed by atoms with van der Waals surface area (Å²) in [5.74, 6) is -0.538. The van der Waals surface area contributed by atoms with Gasteiger partial charge in [-0.3, -0.25) is 14.0 Å². The van der Waals surface area contributed by atoms with Crippen molar-refractivity contribution in [3.05, 3.63) is 57.0 Å². The van der Waals surface area contributed by atoms with Crippen LogP contribution >= 0.6 is 0 Å². The van der Waals surface area contributed by atoms with E-state index in [4.69, 9.17) is 14.9 Å². The van der Waals surface area contributed by atoms with Gasteiger partial charge < -0.3 is 9.88 Å². The number of aromatic nitrogens is 2. The fourth-order valence-corrected chi connectivity index (χ4v) is 5.41. The predicted octanol–water partition coefficient (Wildman–Crippen LogP) is 4.13. The van der Waals surface area contributed by atoms with E-state index in [1.54, 1.807) is 19.2 Å². The first kappa shape index (κ1) is 27.7. The average molecular weight is 518 g/mol. The van der Waals surface area contributed by atoms with E-state index in [0.717, 1.165) is 11.3 Å². The van der Waals surface area contributed by atoms with Gasteiger partial charge >= 0.3 is 10.3 Å². The lowest BCUT2D eigenvalue weighted by Crippen LogP contribution is -2.30. The topological polar surface area (TPSA) is 165 Å². The van der Waals surface area contributed by atoms with Crippen LogP contribution in [0.1, 0.15) is 67.0 Å². The van der Waals surface area contributed by atoms with E-state index >= 15 is 0 Å². The number of carbonyl (C=O) groups excluding carboxylic acids is 1. The Morgan fingerprint density at radius 2 is 2.03 bits per heavy atom. The van der Waals surface area contributed by atoms with Crippen LogP contribution in [0, 0.1) is 32.6 Å². The average Bonchev–Trinajstić information content (AvgIpc) is 3.23. The number of nitrogens with zero attached hydrogens (tertiary/aromatic N) is 5. The number of pyridine rings is 1. The number of aryl methyl sites for hydroxylation is 1. The molecule has 1 saturated carbocycles. The molecule has 0 saturated heterocycles. The highest BCUT2D eigenvalue weighted by Crippen LogP contribution is 2.38. The van der Waals surface area contributed by atoms with Gasteiger partial charge in [0.1, 0.15) is 0 Å². The Balaban J connectivity index is 1.97. The fraction of sp³-hybridized carbons (Fsp3) is 0.583. The Bertz CT molecular complexity index is 1310. The molecular formula is C24H35N7O4S. The van der Waals surface area contributed by atoms with Crippen molar-refractivity contribution in [2.24, 2.45) is 22.1 Å². The standard InChI is InChI=1S/C24H35N7O4S/c1-13-16(4)31(24(5,6)7)11-18(13)23(32)21-15(3)27-9-8-19(21)28-20-10-17(12-35-36(26,33)34)14(2)22(20)29-30-25/h8-9,11,14,17,20,22H,10,12H2,1-7H3,(H,27,28)(H2,26,33,34)/t14-,17-,20-,22-/m1/s1. The van der Waals surface area contributed by atoms with E-state index in [-0.39, 0.29) is 35.8 Å². The third-order valence-electron chi connectivity index (χ3n) is 7.12. The first-order valence-corrected chi connectivity index (χ1v) is 13.3. The minimum absolute atomic E-state index is 0.115. The van der Waals surface area contributed by atoms with Crippen LogP contribution in [-0.4, -0.2) is 42.4 Å². The molecule has 0 aromatic carbocycles. The smallest absolute Gasteiger partial charge is 0.333 e. The zero-order valence-corrected chi connectivity index (χ0v) is 22.6. The van der Waals surface area contributed by atoms with Gasteiger partial charge in [0, 0.05) is 45.8 Å². The van der Waals surface area contributed by atoms with Gasteiger partial charge in [-0.15, -0.1) is 0 Å². The van der Waals surface area contributed by atoms with Crippen LogP contribution in [0.4, 0.5) is 5.69 Å². The third kappa shape index (κ3) is 5.73. The molecule has 36 heavy (non-hydrogen) atoms. The fourth-order valence-electron chi connectivity index (χ4n) is 5.05. The lowest BCUT2D eigenvalue weighted by molar-refractivity contribution is 0.103. The number of azide groups is 1. The molecule has 12 heteroatoms. The molecule has 0 radical (unpaired) electrons. The molecule has 2 aromatic heterocycles. The molecule has 1 aliphatic carbocycles. The Kier molecular flexibility index (Phi) is 7.85. The first-order chi connectivity index (χ1) is 16.7. The van der Waals surface area contributed by atoms with Gasteiger partial charge in [0.2, 0.25) is 0 Å². The van der Waals surface area contributed by atoms with E-state index in [9.17, 15) is 13.2 Å². The van der Waals surface area contributed by atoms with Crippen molar-refractivity contribution in [2.75, 3.05) is 11.9 Å². The van der Waals surface area contributed by atoms with Crippen LogP contribution in [0.15, 0.2) is 23.6 Å². The summed E-state index contributed by atoms with van der Waals surface area (Å²) in [4.78, 5) is 21.2. The van der Waals surface area contributed by atoms with Crippen molar-refractivity contribution >= 4 is 21.8 Å². The van der Waals surface area contributed by atoms with Crippen molar-refractivity contribution in [1.82, 2.24) is 9.55 Å². The van der Waals surface area contributed by atoms with Crippen molar-refractivity contribution in [3.8, 4) is 0 Å². The lowest BCUT2D eigenvalue weighted by Gasteiger charge is -2.23. The number of carbonyl (C=O) groups is 1. The van der Waals surface area contributed by atoms with Crippen LogP contribution in [0.25, 0.3) is 10.4 Å². The second-order valence-corrected chi connectivity index (χ2v) is 11.7. The first-order valence-electron chi connectivity index (χ1n) is 11.8. The second-order valence-electron chi connectivity index (χ2n) is 10.5. The quantitative estimate of drug-likeness (QED) is 0.231. The van der Waals surface area contributed by atoms with E-state index in [0.29, 0.717) is 28.9 Å². The van der Waals surface area contributed by atoms with Crippen molar-refractivity contribution in [1.29, 1.82) is 0 Å². The van der Waals surface area contributed by atoms with Gasteiger partial charge in [-0.05, 0) is 77.0 Å². The van der Waals surface area contributed by atoms with Crippen molar-refractivity contribution in [2.45, 2.75) is 72.5 Å². The summed E-state index contributed by atoms with van der Waals surface area (Å²) in [6, 6.07) is 0.904. The SMILES string of the molecule is Cc1nccc(N[C@@H]2C[C@H](COS(N)(=O)=O)[C@@H](C)[C@H]2N=[N+]=[N-])c1C(=O)c1cn(C(C)(C)C)c(C)c1C. The molecule has 196 valence electrons. The van der Waals surface area contributed by atoms with Crippen molar-refractivity contribution < 1.29 is 17.4 Å². The van der Waals surface area contributed by atoms with Crippen LogP contribution < -0.4 is 10.5 Å². The lowest BCUT2D eigenvalue weighted by atomic mass is 9.97. The number of hydrogen-bond donors (Lipinski definition) is 2. The van der Waals surface area contributed by atoms with E-state index < -0.39 is 16.3 Å². The Hall–Kier alpha value is -2.92. The number of nitrogens with two attached hydrogens (primary N) is 1. The minimum atomic E-state index is -4.09. The molecule has 2 heterocycles. The van der Waals surface area contributed by atoms with Crippen LogP contribution in [-0.2, 0) is 20.0 Å². The summed E-state index contributed by atoms with van der Waals surface area (Å²) < 4.78 is 29.5. The third-order valence-corrected chi connectivity index (χ3v) is 7.59. The van der Waals surface area contributed by atoms with Gasteiger partial charge in [-0.25, -0.2) is 5.14 Å². The molecule has 1 aliphatic rings. The zero-order valence-electron chi connectivity index (χ0n) is 21.8. The summed E-state index contributed by atoms with van der Waals surface area (Å²) >= 11 is 0. The van der Waals surface area contributed by atoms with Gasteiger partial charge in [-0.2, -0.15) is 8.42 Å². The molecule has 0 amide bonds. The maximum absolute atomic E-state index is 13.8. The Morgan fingerprint density at radius 3 is 2.58 bits per heavy atom. The second kappa shape index (κ2) is 10.2. The summed E-state index contributed by atoms with van der Waals surface area (Å²) in [7, 11) is -4.09. The number of ketones is 1. The molecule has 0 unspecified atom stereocenters. The summed E-state index contributed by atoms with van der Waals surface area (Å²) in [6.07, 6.45) is 3.98. The zero-order chi connectivity index (χ0) is 27.0. The monoisotopic (exact) mass is 517 g/mol. The molecular weight excluding hydrogens is 482 g/mol. The highest BCUT2D eigenvalue weighted by Gasteiger charge is 2.41. The Labute approximate surface area is 212 Å². The number of rotatable bonds is 8. The molecule has 0 bridgehead atoms. The maximum atomic E-state index is 13.8. The van der Waals surface area contributed by atoms with Crippen molar-refractivity contribution in [3.63, 3.8) is 0 Å². The summed E-state index contributed by atoms with van der Waals surface area (Å²) in [6.45, 7) is 13.7. The van der Waals surface area contributed by atoms with E-state index in [1.807, 2.05) is 27.0 Å². The van der Waals surface area contributed by atoms with Crippen LogP contribution in [0.2, 0.25) is 0 Å². The molecule has 0 spiro atoms. The van der Waals surface area contributed by atoms with Gasteiger partial charge in [0.15, 0.2) is 5.78 Å². The molecule has 4 atom stereocenters. The molecule has 0 aliphatic heterocycles. The molecule has 3 N–H and O–H groups in total. The largest absolute Gasteiger partial charge is 0.381 e.